The molecule has 0 bridgehead atoms. The third-order valence-electron chi connectivity index (χ3n) is 5.43. The lowest BCUT2D eigenvalue weighted by Crippen LogP contribution is -2.35. The van der Waals surface area contributed by atoms with Crippen molar-refractivity contribution in [2.45, 2.75) is 12.5 Å². The summed E-state index contributed by atoms with van der Waals surface area (Å²) >= 11 is 0. The molecule has 0 spiro atoms. The predicted octanol–water partition coefficient (Wildman–Crippen LogP) is 1.99. The van der Waals surface area contributed by atoms with Gasteiger partial charge in [0.05, 0.1) is 19.9 Å². The first-order chi connectivity index (χ1) is 14.2. The second kappa shape index (κ2) is 6.93. The van der Waals surface area contributed by atoms with Gasteiger partial charge in [0.15, 0.2) is 17.3 Å². The third-order valence-corrected chi connectivity index (χ3v) is 5.43. The molecule has 2 aromatic carbocycles. The Morgan fingerprint density at radius 3 is 2.86 bits per heavy atom. The Kier molecular flexibility index (Phi) is 4.24. The number of likely N-dealkylation sites (N-methyl/N-ethyl adjacent to an activating group) is 1. The molecule has 1 unspecified atom stereocenters. The van der Waals surface area contributed by atoms with Crippen molar-refractivity contribution in [3.63, 3.8) is 0 Å². The van der Waals surface area contributed by atoms with E-state index in [4.69, 9.17) is 18.9 Å². The van der Waals surface area contributed by atoms with E-state index in [-0.39, 0.29) is 12.8 Å². The smallest absolute Gasteiger partial charge is 0.231 e. The van der Waals surface area contributed by atoms with Gasteiger partial charge in [-0.2, -0.15) is 4.68 Å². The molecule has 150 valence electrons. The molecule has 0 amide bonds. The summed E-state index contributed by atoms with van der Waals surface area (Å²) in [6.45, 7) is 1.04. The van der Waals surface area contributed by atoms with Gasteiger partial charge in [-0.05, 0) is 47.7 Å². The molecule has 0 fully saturated rings. The summed E-state index contributed by atoms with van der Waals surface area (Å²) < 4.78 is 24.2. The van der Waals surface area contributed by atoms with E-state index >= 15 is 0 Å². The van der Waals surface area contributed by atoms with Crippen LogP contribution in [0, 0.1) is 0 Å². The molecule has 0 radical (unpaired) electrons. The van der Waals surface area contributed by atoms with Crippen LogP contribution in [0.2, 0.25) is 0 Å². The molecule has 5 rings (SSSR count). The zero-order valence-electron chi connectivity index (χ0n) is 16.5. The fraction of sp³-hybridized carbons (Fsp3) is 0.350. The molecule has 2 aliphatic rings. The van der Waals surface area contributed by atoms with Crippen LogP contribution in [0.25, 0.3) is 5.69 Å². The van der Waals surface area contributed by atoms with E-state index < -0.39 is 0 Å². The molecule has 9 nitrogen and oxygen atoms in total. The molecule has 1 atom stereocenters. The minimum atomic E-state index is -0.204. The van der Waals surface area contributed by atoms with Crippen molar-refractivity contribution in [3.05, 3.63) is 47.3 Å². The van der Waals surface area contributed by atoms with Gasteiger partial charge in [-0.15, -0.1) is 5.10 Å². The topological polar surface area (TPSA) is 83.8 Å². The van der Waals surface area contributed by atoms with E-state index in [0.717, 1.165) is 41.3 Å². The quantitative estimate of drug-likeness (QED) is 0.663. The molecule has 9 heteroatoms. The van der Waals surface area contributed by atoms with Gasteiger partial charge in [-0.1, -0.05) is 6.07 Å². The van der Waals surface area contributed by atoms with Gasteiger partial charge in [0.25, 0.3) is 0 Å². The Bertz CT molecular complexity index is 1070. The maximum Gasteiger partial charge on any atom is 0.231 e. The van der Waals surface area contributed by atoms with Crippen LogP contribution in [0.4, 0.5) is 0 Å². The van der Waals surface area contributed by atoms with Crippen LogP contribution < -0.4 is 18.9 Å². The maximum atomic E-state index is 5.78. The van der Waals surface area contributed by atoms with Gasteiger partial charge in [0.2, 0.25) is 12.5 Å². The molecule has 1 aromatic heterocycles. The summed E-state index contributed by atoms with van der Waals surface area (Å²) in [7, 11) is 5.34. The lowest BCUT2D eigenvalue weighted by Gasteiger charge is -2.34. The second-order valence-electron chi connectivity index (χ2n) is 7.00. The minimum absolute atomic E-state index is 0.191. The molecule has 3 aromatic rings. The Morgan fingerprint density at radius 1 is 1.14 bits per heavy atom. The van der Waals surface area contributed by atoms with Crippen LogP contribution in [0.15, 0.2) is 30.3 Å². The van der Waals surface area contributed by atoms with Crippen LogP contribution in [0.5, 0.6) is 23.0 Å². The van der Waals surface area contributed by atoms with Crippen molar-refractivity contribution in [2.75, 3.05) is 34.6 Å². The van der Waals surface area contributed by atoms with E-state index in [1.807, 2.05) is 30.3 Å². The SMILES string of the molecule is COc1cccc(-n2nnnc2C2c3c(cc4c(c3OC)OCO4)CCN2C)c1. The van der Waals surface area contributed by atoms with Crippen molar-refractivity contribution < 1.29 is 18.9 Å². The number of nitrogens with zero attached hydrogens (tertiary/aromatic N) is 5. The molecule has 2 aliphatic heterocycles. The number of ether oxygens (including phenoxy) is 4. The average molecular weight is 395 g/mol. The van der Waals surface area contributed by atoms with Crippen molar-refractivity contribution in [2.24, 2.45) is 0 Å². The van der Waals surface area contributed by atoms with Crippen LogP contribution in [-0.2, 0) is 6.42 Å². The summed E-state index contributed by atoms with van der Waals surface area (Å²) in [5.74, 6) is 3.45. The standard InChI is InChI=1S/C20H21N5O4/c1-24-8-7-12-9-15-18(29-11-28-15)19(27-3)16(12)17(24)20-21-22-23-25(20)13-5-4-6-14(10-13)26-2/h4-6,9-10,17H,7-8,11H2,1-3H3. The number of hydrogen-bond donors (Lipinski definition) is 0. The molecule has 0 saturated heterocycles. The summed E-state index contributed by atoms with van der Waals surface area (Å²) in [5, 5.41) is 12.6. The second-order valence-corrected chi connectivity index (χ2v) is 7.00. The third kappa shape index (κ3) is 2.77. The Labute approximate surface area is 167 Å². The molecule has 0 aliphatic carbocycles. The normalized spacial score (nSPS) is 17.8. The summed E-state index contributed by atoms with van der Waals surface area (Å²) in [6, 6.07) is 9.49. The van der Waals surface area contributed by atoms with Crippen LogP contribution in [0.3, 0.4) is 0 Å². The summed E-state index contributed by atoms with van der Waals surface area (Å²) in [6.07, 6.45) is 0.871. The van der Waals surface area contributed by atoms with Crippen molar-refractivity contribution in [1.82, 2.24) is 25.1 Å². The summed E-state index contributed by atoms with van der Waals surface area (Å²) in [4.78, 5) is 2.22. The Balaban J connectivity index is 1.69. The highest BCUT2D eigenvalue weighted by molar-refractivity contribution is 5.62. The molecular formula is C20H21N5O4. The number of hydrogen-bond acceptors (Lipinski definition) is 8. The van der Waals surface area contributed by atoms with E-state index in [1.54, 1.807) is 18.9 Å². The van der Waals surface area contributed by atoms with Crippen molar-refractivity contribution in [1.29, 1.82) is 0 Å². The molecule has 0 saturated carbocycles. The fourth-order valence-electron chi connectivity index (χ4n) is 4.05. The van der Waals surface area contributed by atoms with Crippen LogP contribution in [0.1, 0.15) is 23.0 Å². The zero-order valence-corrected chi connectivity index (χ0v) is 16.5. The molecule has 29 heavy (non-hydrogen) atoms. The van der Waals surface area contributed by atoms with Gasteiger partial charge < -0.3 is 18.9 Å². The fourth-order valence-corrected chi connectivity index (χ4v) is 4.05. The first-order valence-corrected chi connectivity index (χ1v) is 9.33. The first-order valence-electron chi connectivity index (χ1n) is 9.33. The highest BCUT2D eigenvalue weighted by atomic mass is 16.7. The molecule has 3 heterocycles. The highest BCUT2D eigenvalue weighted by Crippen LogP contribution is 2.50. The first kappa shape index (κ1) is 17.7. The molecule has 0 N–H and O–H groups in total. The van der Waals surface area contributed by atoms with Crippen molar-refractivity contribution in [3.8, 4) is 28.7 Å². The highest BCUT2D eigenvalue weighted by Gasteiger charge is 2.37. The number of fused-ring (bicyclic) bond motifs is 2. The van der Waals surface area contributed by atoms with Gasteiger partial charge in [-0.3, -0.25) is 4.90 Å². The number of benzene rings is 2. The van der Waals surface area contributed by atoms with Gasteiger partial charge in [0.1, 0.15) is 11.8 Å². The number of rotatable bonds is 4. The lowest BCUT2D eigenvalue weighted by molar-refractivity contribution is 0.170. The van der Waals surface area contributed by atoms with Gasteiger partial charge in [0, 0.05) is 18.2 Å². The number of tetrazole rings is 1. The Morgan fingerprint density at radius 2 is 2.03 bits per heavy atom. The summed E-state index contributed by atoms with van der Waals surface area (Å²) in [5.41, 5.74) is 2.98. The lowest BCUT2D eigenvalue weighted by atomic mass is 9.90. The predicted molar refractivity (Wildman–Crippen MR) is 103 cm³/mol. The van der Waals surface area contributed by atoms with E-state index in [9.17, 15) is 0 Å². The monoisotopic (exact) mass is 395 g/mol. The van der Waals surface area contributed by atoms with Crippen LogP contribution in [-0.4, -0.2) is 59.7 Å². The van der Waals surface area contributed by atoms with Crippen molar-refractivity contribution >= 4 is 0 Å². The minimum Gasteiger partial charge on any atom is -0.497 e. The zero-order chi connectivity index (χ0) is 20.0. The largest absolute Gasteiger partial charge is 0.497 e. The average Bonchev–Trinajstić information content (AvgIpc) is 3.41. The number of methoxy groups -OCH3 is 2. The van der Waals surface area contributed by atoms with E-state index in [1.165, 1.54) is 0 Å². The maximum absolute atomic E-state index is 5.78. The van der Waals surface area contributed by atoms with E-state index in [2.05, 4.69) is 27.5 Å². The molecular weight excluding hydrogens is 374 g/mol. The van der Waals surface area contributed by atoms with Crippen LogP contribution >= 0.6 is 0 Å². The van der Waals surface area contributed by atoms with E-state index in [0.29, 0.717) is 17.3 Å². The Hall–Kier alpha value is -3.33. The van der Waals surface area contributed by atoms with Gasteiger partial charge in [-0.25, -0.2) is 0 Å². The van der Waals surface area contributed by atoms with Gasteiger partial charge >= 0.3 is 0 Å². The number of aromatic nitrogens is 4.